The number of fused-ring (bicyclic) bond motifs is 1. The number of carbonyl (C=O) groups excluding carboxylic acids is 1. The van der Waals surface area contributed by atoms with Crippen LogP contribution in [0, 0.1) is 0 Å². The summed E-state index contributed by atoms with van der Waals surface area (Å²) >= 11 is 1.44. The van der Waals surface area contributed by atoms with E-state index in [-0.39, 0.29) is 17.9 Å². The lowest BCUT2D eigenvalue weighted by Gasteiger charge is -2.22. The van der Waals surface area contributed by atoms with Crippen LogP contribution in [0.5, 0.6) is 0 Å². The van der Waals surface area contributed by atoms with Crippen LogP contribution in [0.3, 0.4) is 0 Å². The molecule has 6 nitrogen and oxygen atoms in total. The first-order chi connectivity index (χ1) is 13.5. The molecule has 0 saturated heterocycles. The number of carbonyl (C=O) groups is 1. The molecule has 4 rings (SSSR count). The van der Waals surface area contributed by atoms with E-state index in [1.54, 1.807) is 6.26 Å². The van der Waals surface area contributed by atoms with E-state index >= 15 is 0 Å². The molecule has 1 amide bonds. The Kier molecular flexibility index (Phi) is 5.26. The van der Waals surface area contributed by atoms with Gasteiger partial charge in [0.25, 0.3) is 0 Å². The third kappa shape index (κ3) is 3.58. The molecule has 1 aliphatic rings. The lowest BCUT2D eigenvalue weighted by Crippen LogP contribution is -2.37. The van der Waals surface area contributed by atoms with E-state index in [9.17, 15) is 4.79 Å². The Morgan fingerprint density at radius 1 is 1.25 bits per heavy atom. The molecule has 0 saturated carbocycles. The minimum absolute atomic E-state index is 0.0982. The number of furan rings is 1. The summed E-state index contributed by atoms with van der Waals surface area (Å²) in [6, 6.07) is 12.1. The van der Waals surface area contributed by atoms with Gasteiger partial charge in [0, 0.05) is 17.6 Å². The van der Waals surface area contributed by atoms with Crippen molar-refractivity contribution in [2.24, 2.45) is 0 Å². The zero-order chi connectivity index (χ0) is 19.7. The molecule has 3 heterocycles. The van der Waals surface area contributed by atoms with Crippen molar-refractivity contribution in [3.8, 4) is 0 Å². The van der Waals surface area contributed by atoms with Crippen molar-refractivity contribution in [3.05, 3.63) is 59.8 Å². The summed E-state index contributed by atoms with van der Waals surface area (Å²) in [6.07, 6.45) is 2.57. The molecule has 1 aliphatic heterocycles. The first kappa shape index (κ1) is 18.8. The van der Waals surface area contributed by atoms with Crippen molar-refractivity contribution < 1.29 is 9.21 Å². The third-order valence-corrected chi connectivity index (χ3v) is 5.91. The fourth-order valence-electron chi connectivity index (χ4n) is 3.68. The Bertz CT molecular complexity index is 965. The Morgan fingerprint density at radius 3 is 2.82 bits per heavy atom. The zero-order valence-electron chi connectivity index (χ0n) is 16.3. The number of anilines is 1. The summed E-state index contributed by atoms with van der Waals surface area (Å²) in [7, 11) is 0. The van der Waals surface area contributed by atoms with Crippen molar-refractivity contribution in [1.29, 1.82) is 0 Å². The number of hydrogen-bond acceptors (Lipinski definition) is 5. The van der Waals surface area contributed by atoms with E-state index in [2.05, 4.69) is 37.0 Å². The molecule has 7 heteroatoms. The van der Waals surface area contributed by atoms with Crippen LogP contribution < -0.4 is 4.90 Å². The van der Waals surface area contributed by atoms with Crippen LogP contribution >= 0.6 is 11.8 Å². The topological polar surface area (TPSA) is 64.2 Å². The van der Waals surface area contributed by atoms with Gasteiger partial charge in [0.15, 0.2) is 5.16 Å². The smallest absolute Gasteiger partial charge is 0.237 e. The van der Waals surface area contributed by atoms with Gasteiger partial charge in [-0.1, -0.05) is 43.8 Å². The standard InChI is InChI=1S/C21H24N4O2S/c1-14(2)20-22-23-21(24(20)12-17-8-6-10-27-17)28-13-19(26)25-15(3)11-16-7-4-5-9-18(16)25/h4-10,14-15H,11-13H2,1-3H3/t15-/m0/s1. The molecule has 146 valence electrons. The van der Waals surface area contributed by atoms with Crippen molar-refractivity contribution >= 4 is 23.4 Å². The maximum Gasteiger partial charge on any atom is 0.237 e. The molecular weight excluding hydrogens is 372 g/mol. The second-order valence-electron chi connectivity index (χ2n) is 7.40. The molecule has 0 fully saturated rings. The summed E-state index contributed by atoms with van der Waals surface area (Å²) in [5, 5.41) is 9.44. The molecule has 2 aromatic heterocycles. The Labute approximate surface area is 168 Å². The van der Waals surface area contributed by atoms with Crippen LogP contribution in [0.25, 0.3) is 0 Å². The fraction of sp³-hybridized carbons (Fsp3) is 0.381. The lowest BCUT2D eigenvalue weighted by atomic mass is 10.1. The number of aromatic nitrogens is 3. The number of nitrogens with zero attached hydrogens (tertiary/aromatic N) is 4. The molecule has 0 radical (unpaired) electrons. The summed E-state index contributed by atoms with van der Waals surface area (Å²) in [5.41, 5.74) is 2.26. The second kappa shape index (κ2) is 7.83. The average molecular weight is 397 g/mol. The Hall–Kier alpha value is -2.54. The maximum absolute atomic E-state index is 13.0. The molecular formula is C21H24N4O2S. The minimum atomic E-state index is 0.0982. The van der Waals surface area contributed by atoms with Crippen LogP contribution in [0.15, 0.2) is 52.2 Å². The normalized spacial score (nSPS) is 16.0. The van der Waals surface area contributed by atoms with Crippen LogP contribution in [-0.2, 0) is 17.8 Å². The predicted molar refractivity (Wildman–Crippen MR) is 110 cm³/mol. The number of benzene rings is 1. The minimum Gasteiger partial charge on any atom is -0.467 e. The molecule has 28 heavy (non-hydrogen) atoms. The van der Waals surface area contributed by atoms with E-state index in [0.717, 1.165) is 28.8 Å². The summed E-state index contributed by atoms with van der Waals surface area (Å²) < 4.78 is 7.54. The van der Waals surface area contributed by atoms with Gasteiger partial charge in [-0.05, 0) is 37.1 Å². The van der Waals surface area contributed by atoms with Gasteiger partial charge in [0.1, 0.15) is 11.6 Å². The predicted octanol–water partition coefficient (Wildman–Crippen LogP) is 4.11. The second-order valence-corrected chi connectivity index (χ2v) is 8.34. The quantitative estimate of drug-likeness (QED) is 0.587. The molecule has 0 aliphatic carbocycles. The number of hydrogen-bond donors (Lipinski definition) is 0. The van der Waals surface area contributed by atoms with Gasteiger partial charge < -0.3 is 9.32 Å². The number of rotatable bonds is 6. The average Bonchev–Trinajstić information content (AvgIpc) is 3.38. The van der Waals surface area contributed by atoms with Gasteiger partial charge in [-0.2, -0.15) is 0 Å². The summed E-state index contributed by atoms with van der Waals surface area (Å²) in [5.74, 6) is 2.40. The van der Waals surface area contributed by atoms with Crippen LogP contribution in [0.1, 0.15) is 43.8 Å². The first-order valence-electron chi connectivity index (χ1n) is 9.53. The van der Waals surface area contributed by atoms with Gasteiger partial charge in [0.05, 0.1) is 18.6 Å². The van der Waals surface area contributed by atoms with Gasteiger partial charge in [0.2, 0.25) is 5.91 Å². The molecule has 0 N–H and O–H groups in total. The van der Waals surface area contributed by atoms with Crippen LogP contribution in [0.2, 0.25) is 0 Å². The number of thioether (sulfide) groups is 1. The highest BCUT2D eigenvalue weighted by molar-refractivity contribution is 7.99. The molecule has 3 aromatic rings. The van der Waals surface area contributed by atoms with E-state index in [4.69, 9.17) is 4.42 Å². The molecule has 0 bridgehead atoms. The molecule has 0 unspecified atom stereocenters. The largest absolute Gasteiger partial charge is 0.467 e. The SMILES string of the molecule is CC(C)c1nnc(SCC(=O)N2c3ccccc3C[C@@H]2C)n1Cc1ccco1. The van der Waals surface area contributed by atoms with Gasteiger partial charge >= 0.3 is 0 Å². The third-order valence-electron chi connectivity index (χ3n) is 4.96. The highest BCUT2D eigenvalue weighted by atomic mass is 32.2. The lowest BCUT2D eigenvalue weighted by molar-refractivity contribution is -0.116. The Morgan fingerprint density at radius 2 is 2.07 bits per heavy atom. The Balaban J connectivity index is 1.51. The van der Waals surface area contributed by atoms with Crippen molar-refractivity contribution in [2.75, 3.05) is 10.7 Å². The molecule has 1 atom stereocenters. The maximum atomic E-state index is 13.0. The fourth-order valence-corrected chi connectivity index (χ4v) is 4.49. The van der Waals surface area contributed by atoms with Gasteiger partial charge in [-0.3, -0.25) is 9.36 Å². The number of amides is 1. The van der Waals surface area contributed by atoms with Crippen molar-refractivity contribution in [2.45, 2.75) is 50.9 Å². The monoisotopic (exact) mass is 396 g/mol. The van der Waals surface area contributed by atoms with Crippen LogP contribution in [0.4, 0.5) is 5.69 Å². The van der Waals surface area contributed by atoms with E-state index < -0.39 is 0 Å². The van der Waals surface area contributed by atoms with Crippen molar-refractivity contribution in [1.82, 2.24) is 14.8 Å². The molecule has 0 spiro atoms. The zero-order valence-corrected chi connectivity index (χ0v) is 17.1. The van der Waals surface area contributed by atoms with Crippen LogP contribution in [-0.4, -0.2) is 32.5 Å². The summed E-state index contributed by atoms with van der Waals surface area (Å²) in [6.45, 7) is 6.84. The first-order valence-corrected chi connectivity index (χ1v) is 10.5. The van der Waals surface area contributed by atoms with Gasteiger partial charge in [-0.15, -0.1) is 10.2 Å². The van der Waals surface area contributed by atoms with E-state index in [1.165, 1.54) is 17.3 Å². The van der Waals surface area contributed by atoms with Gasteiger partial charge in [-0.25, -0.2) is 0 Å². The summed E-state index contributed by atoms with van der Waals surface area (Å²) in [4.78, 5) is 14.9. The van der Waals surface area contributed by atoms with Crippen molar-refractivity contribution in [3.63, 3.8) is 0 Å². The number of para-hydroxylation sites is 1. The molecule has 1 aromatic carbocycles. The van der Waals surface area contributed by atoms with E-state index in [1.807, 2.05) is 39.8 Å². The highest BCUT2D eigenvalue weighted by Crippen LogP contribution is 2.33. The van der Waals surface area contributed by atoms with E-state index in [0.29, 0.717) is 12.3 Å². The highest BCUT2D eigenvalue weighted by Gasteiger charge is 2.30.